The molecule has 2 aromatic carbocycles. The molecule has 0 bridgehead atoms. The van der Waals surface area contributed by atoms with Crippen molar-refractivity contribution >= 4 is 22.5 Å². The Hall–Kier alpha value is -1.84. The zero-order chi connectivity index (χ0) is 16.4. The summed E-state index contributed by atoms with van der Waals surface area (Å²) in [6.45, 7) is 4.42. The number of hydrogen-bond donors (Lipinski definition) is 0. The van der Waals surface area contributed by atoms with Gasteiger partial charge in [-0.15, -0.1) is 0 Å². The van der Waals surface area contributed by atoms with Crippen LogP contribution in [0, 0.1) is 0 Å². The average Bonchev–Trinajstić information content (AvgIpc) is 2.99. The molecule has 124 valence electrons. The summed E-state index contributed by atoms with van der Waals surface area (Å²) in [7, 11) is 0. The molecule has 4 rings (SSSR count). The number of rotatable bonds is 4. The zero-order valence-electron chi connectivity index (χ0n) is 13.8. The molecule has 1 aromatic heterocycles. The predicted octanol–water partition coefficient (Wildman–Crippen LogP) is 4.84. The molecule has 0 N–H and O–H groups in total. The van der Waals surface area contributed by atoms with Gasteiger partial charge in [0.15, 0.2) is 0 Å². The number of nitrogens with zero attached hydrogens (tertiary/aromatic N) is 3. The Morgan fingerprint density at radius 3 is 2.50 bits per heavy atom. The molecule has 2 heterocycles. The van der Waals surface area contributed by atoms with Crippen molar-refractivity contribution in [1.82, 2.24) is 14.7 Å². The smallest absolute Gasteiger partial charge is 0.100 e. The molecule has 3 aromatic rings. The predicted molar refractivity (Wildman–Crippen MR) is 100 cm³/mol. The van der Waals surface area contributed by atoms with Gasteiger partial charge in [0.25, 0.3) is 0 Å². The van der Waals surface area contributed by atoms with Crippen molar-refractivity contribution in [1.29, 1.82) is 0 Å². The molecule has 1 fully saturated rings. The minimum Gasteiger partial charge on any atom is -0.301 e. The van der Waals surface area contributed by atoms with Gasteiger partial charge in [0.2, 0.25) is 0 Å². The van der Waals surface area contributed by atoms with Crippen LogP contribution in [0.4, 0.5) is 0 Å². The number of benzene rings is 2. The Labute approximate surface area is 147 Å². The maximum Gasteiger partial charge on any atom is 0.100 e. The van der Waals surface area contributed by atoms with Gasteiger partial charge in [-0.05, 0) is 44.1 Å². The normalized spacial score (nSPS) is 15.9. The van der Waals surface area contributed by atoms with Crippen LogP contribution < -0.4 is 0 Å². The molecule has 0 aliphatic carbocycles. The lowest BCUT2D eigenvalue weighted by Gasteiger charge is -2.26. The van der Waals surface area contributed by atoms with E-state index in [1.54, 1.807) is 0 Å². The number of halogens is 1. The van der Waals surface area contributed by atoms with Crippen LogP contribution in [0.15, 0.2) is 48.5 Å². The Kier molecular flexibility index (Phi) is 4.54. The van der Waals surface area contributed by atoms with Crippen molar-refractivity contribution in [3.05, 3.63) is 53.6 Å². The van der Waals surface area contributed by atoms with Crippen molar-refractivity contribution in [2.45, 2.75) is 25.8 Å². The Balaban J connectivity index is 1.68. The molecular weight excluding hydrogens is 318 g/mol. The third-order valence-corrected chi connectivity index (χ3v) is 5.07. The van der Waals surface area contributed by atoms with Crippen molar-refractivity contribution < 1.29 is 0 Å². The van der Waals surface area contributed by atoms with E-state index >= 15 is 0 Å². The number of fused-ring (bicyclic) bond motifs is 1. The van der Waals surface area contributed by atoms with Crippen LogP contribution in [-0.4, -0.2) is 34.3 Å². The number of likely N-dealkylation sites (tertiary alicyclic amines) is 1. The lowest BCUT2D eigenvalue weighted by Crippen LogP contribution is -2.32. The SMILES string of the molecule is Clc1ccc2c(c1)c(-c1ccccc1)nn2CCN1CCCCC1. The van der Waals surface area contributed by atoms with Crippen LogP contribution >= 0.6 is 11.6 Å². The van der Waals surface area contributed by atoms with Gasteiger partial charge >= 0.3 is 0 Å². The van der Waals surface area contributed by atoms with E-state index in [1.807, 2.05) is 18.2 Å². The molecule has 4 heteroatoms. The van der Waals surface area contributed by atoms with E-state index in [9.17, 15) is 0 Å². The first-order chi connectivity index (χ1) is 11.8. The molecule has 3 nitrogen and oxygen atoms in total. The summed E-state index contributed by atoms with van der Waals surface area (Å²) in [5.74, 6) is 0. The second-order valence-electron chi connectivity index (χ2n) is 6.50. The second kappa shape index (κ2) is 6.96. The number of piperidine rings is 1. The summed E-state index contributed by atoms with van der Waals surface area (Å²) < 4.78 is 2.14. The maximum atomic E-state index is 6.24. The van der Waals surface area contributed by atoms with Crippen molar-refractivity contribution in [2.24, 2.45) is 0 Å². The average molecular weight is 340 g/mol. The number of aromatic nitrogens is 2. The molecule has 0 radical (unpaired) electrons. The Bertz CT molecular complexity index is 820. The fourth-order valence-corrected chi connectivity index (χ4v) is 3.72. The van der Waals surface area contributed by atoms with Crippen LogP contribution in [0.25, 0.3) is 22.2 Å². The fourth-order valence-electron chi connectivity index (χ4n) is 3.55. The molecule has 0 atom stereocenters. The van der Waals surface area contributed by atoms with Crippen LogP contribution in [0.5, 0.6) is 0 Å². The Morgan fingerprint density at radius 1 is 0.917 bits per heavy atom. The van der Waals surface area contributed by atoms with Gasteiger partial charge < -0.3 is 4.90 Å². The van der Waals surface area contributed by atoms with Gasteiger partial charge in [0.05, 0.1) is 12.1 Å². The fraction of sp³-hybridized carbons (Fsp3) is 0.350. The van der Waals surface area contributed by atoms with Crippen molar-refractivity contribution in [3.63, 3.8) is 0 Å². The van der Waals surface area contributed by atoms with E-state index in [4.69, 9.17) is 16.7 Å². The molecule has 0 unspecified atom stereocenters. The minimum atomic E-state index is 0.760. The largest absolute Gasteiger partial charge is 0.301 e. The quantitative estimate of drug-likeness (QED) is 0.678. The van der Waals surface area contributed by atoms with E-state index in [0.29, 0.717) is 0 Å². The molecule has 0 saturated carbocycles. The van der Waals surface area contributed by atoms with Crippen molar-refractivity contribution in [2.75, 3.05) is 19.6 Å². The topological polar surface area (TPSA) is 21.1 Å². The highest BCUT2D eigenvalue weighted by Crippen LogP contribution is 2.30. The highest BCUT2D eigenvalue weighted by atomic mass is 35.5. The van der Waals surface area contributed by atoms with E-state index in [1.165, 1.54) is 32.4 Å². The van der Waals surface area contributed by atoms with Gasteiger partial charge in [-0.3, -0.25) is 4.68 Å². The van der Waals surface area contributed by atoms with Crippen LogP contribution in [0.2, 0.25) is 5.02 Å². The standard InChI is InChI=1S/C20H22ClN3/c21-17-9-10-19-18(15-17)20(16-7-3-1-4-8-16)22-24(19)14-13-23-11-5-2-6-12-23/h1,3-4,7-10,15H,2,5-6,11-14H2. The van der Waals surface area contributed by atoms with Crippen molar-refractivity contribution in [3.8, 4) is 11.3 Å². The summed E-state index contributed by atoms with van der Waals surface area (Å²) in [5, 5.41) is 6.81. The maximum absolute atomic E-state index is 6.24. The first-order valence-corrected chi connectivity index (χ1v) is 9.13. The summed E-state index contributed by atoms with van der Waals surface area (Å²) in [4.78, 5) is 2.55. The van der Waals surface area contributed by atoms with E-state index in [-0.39, 0.29) is 0 Å². The molecular formula is C20H22ClN3. The minimum absolute atomic E-state index is 0.760. The molecule has 1 saturated heterocycles. The van der Waals surface area contributed by atoms with Gasteiger partial charge in [0, 0.05) is 22.5 Å². The molecule has 0 amide bonds. The van der Waals surface area contributed by atoms with Gasteiger partial charge in [-0.25, -0.2) is 0 Å². The second-order valence-corrected chi connectivity index (χ2v) is 6.94. The first-order valence-electron chi connectivity index (χ1n) is 8.75. The van der Waals surface area contributed by atoms with Gasteiger partial charge in [-0.1, -0.05) is 48.4 Å². The van der Waals surface area contributed by atoms with Gasteiger partial charge in [-0.2, -0.15) is 5.10 Å². The summed E-state index contributed by atoms with van der Waals surface area (Å²) in [6.07, 6.45) is 4.02. The lowest BCUT2D eigenvalue weighted by molar-refractivity contribution is 0.219. The monoisotopic (exact) mass is 339 g/mol. The van der Waals surface area contributed by atoms with Crippen LogP contribution in [0.1, 0.15) is 19.3 Å². The summed E-state index contributed by atoms with van der Waals surface area (Å²) in [6, 6.07) is 16.4. The molecule has 1 aliphatic heterocycles. The van der Waals surface area contributed by atoms with Crippen LogP contribution in [0.3, 0.4) is 0 Å². The lowest BCUT2D eigenvalue weighted by atomic mass is 10.1. The van der Waals surface area contributed by atoms with E-state index < -0.39 is 0 Å². The summed E-state index contributed by atoms with van der Waals surface area (Å²) in [5.41, 5.74) is 3.32. The molecule has 0 spiro atoms. The highest BCUT2D eigenvalue weighted by molar-refractivity contribution is 6.31. The summed E-state index contributed by atoms with van der Waals surface area (Å²) >= 11 is 6.24. The first kappa shape index (κ1) is 15.7. The third-order valence-electron chi connectivity index (χ3n) is 4.84. The van der Waals surface area contributed by atoms with E-state index in [2.05, 4.69) is 39.9 Å². The highest BCUT2D eigenvalue weighted by Gasteiger charge is 2.15. The molecule has 24 heavy (non-hydrogen) atoms. The Morgan fingerprint density at radius 2 is 1.71 bits per heavy atom. The number of hydrogen-bond acceptors (Lipinski definition) is 2. The van der Waals surface area contributed by atoms with E-state index in [0.717, 1.165) is 40.3 Å². The third kappa shape index (κ3) is 3.19. The zero-order valence-corrected chi connectivity index (χ0v) is 14.5. The van der Waals surface area contributed by atoms with Crippen LogP contribution in [-0.2, 0) is 6.54 Å². The van der Waals surface area contributed by atoms with Gasteiger partial charge in [0.1, 0.15) is 5.69 Å². The molecule has 1 aliphatic rings.